The zero-order valence-corrected chi connectivity index (χ0v) is 32.4. The molecule has 0 spiro atoms. The fourth-order valence-electron chi connectivity index (χ4n) is 10.0. The molecule has 0 saturated heterocycles. The Bertz CT molecular complexity index is 3270. The normalized spacial score (nSPS) is 13.6. The van der Waals surface area contributed by atoms with Crippen molar-refractivity contribution in [1.82, 2.24) is 4.98 Å². The highest BCUT2D eigenvalue weighted by Crippen LogP contribution is 2.55. The van der Waals surface area contributed by atoms with Crippen molar-refractivity contribution in [2.24, 2.45) is 0 Å². The standard InChI is InChI=1S/C55H38BN2/c1-55(2)44-23-12-11-20-41(44)51-45(55)33-49-53(52(51)43-22-13-21-42-50-40-19-10-9-18-37(40)26-30-47(50)57-54(42)43)56-46-32-38(35-16-7-4-8-17-35)27-31-48(46)58(49)39-28-24-36(25-29-39)34-14-5-3-6-15-34/h3-33,57H,1-2H3. The predicted octanol–water partition coefficient (Wildman–Crippen LogP) is 13.2. The van der Waals surface area contributed by atoms with Crippen LogP contribution in [0, 0.1) is 0 Å². The first-order chi connectivity index (χ1) is 28.5. The van der Waals surface area contributed by atoms with Gasteiger partial charge < -0.3 is 9.88 Å². The molecule has 0 saturated carbocycles. The van der Waals surface area contributed by atoms with E-state index in [0.29, 0.717) is 0 Å². The number of hydrogen-bond donors (Lipinski definition) is 1. The van der Waals surface area contributed by atoms with Crippen LogP contribution in [-0.2, 0) is 5.41 Å². The Morgan fingerprint density at radius 3 is 1.95 bits per heavy atom. The van der Waals surface area contributed by atoms with Crippen LogP contribution in [0.2, 0.25) is 0 Å². The van der Waals surface area contributed by atoms with Gasteiger partial charge in [0.1, 0.15) is 0 Å². The second-order valence-corrected chi connectivity index (χ2v) is 16.4. The van der Waals surface area contributed by atoms with E-state index in [1.807, 2.05) is 0 Å². The Labute approximate surface area is 339 Å². The lowest BCUT2D eigenvalue weighted by Gasteiger charge is -2.37. The zero-order valence-electron chi connectivity index (χ0n) is 32.4. The van der Waals surface area contributed by atoms with E-state index in [-0.39, 0.29) is 5.41 Å². The second-order valence-electron chi connectivity index (χ2n) is 16.4. The Kier molecular flexibility index (Phi) is 7.10. The first-order valence-corrected chi connectivity index (χ1v) is 20.3. The summed E-state index contributed by atoms with van der Waals surface area (Å²) in [5.41, 5.74) is 20.7. The monoisotopic (exact) mass is 737 g/mol. The van der Waals surface area contributed by atoms with Crippen molar-refractivity contribution in [1.29, 1.82) is 0 Å². The fraction of sp³-hybridized carbons (Fsp3) is 0.0545. The number of para-hydroxylation sites is 1. The summed E-state index contributed by atoms with van der Waals surface area (Å²) in [5.74, 6) is 0. The molecule has 1 aromatic heterocycles. The Balaban J connectivity index is 1.18. The third-order valence-corrected chi connectivity index (χ3v) is 12.8. The number of nitrogens with zero attached hydrogens (tertiary/aromatic N) is 1. The van der Waals surface area contributed by atoms with Gasteiger partial charge in [0.2, 0.25) is 0 Å². The van der Waals surface area contributed by atoms with E-state index in [0.717, 1.165) is 11.2 Å². The molecule has 2 aliphatic rings. The minimum absolute atomic E-state index is 0.208. The van der Waals surface area contributed by atoms with Crippen LogP contribution in [0.15, 0.2) is 188 Å². The van der Waals surface area contributed by atoms with Gasteiger partial charge in [0.25, 0.3) is 0 Å². The average Bonchev–Trinajstić information content (AvgIpc) is 3.78. The molecule has 2 heterocycles. The average molecular weight is 738 g/mol. The number of H-pyrrole nitrogens is 1. The molecule has 0 fully saturated rings. The van der Waals surface area contributed by atoms with E-state index >= 15 is 0 Å². The van der Waals surface area contributed by atoms with Gasteiger partial charge in [-0.15, -0.1) is 0 Å². The maximum atomic E-state index is 3.97. The number of nitrogens with one attached hydrogen (secondary N) is 1. The Morgan fingerprint density at radius 1 is 0.483 bits per heavy atom. The number of anilines is 3. The Morgan fingerprint density at radius 2 is 1.14 bits per heavy atom. The molecule has 10 aromatic rings. The molecule has 3 heteroatoms. The summed E-state index contributed by atoms with van der Waals surface area (Å²) < 4.78 is 0. The minimum Gasteiger partial charge on any atom is -0.354 e. The van der Waals surface area contributed by atoms with Crippen molar-refractivity contribution >= 4 is 67.8 Å². The summed E-state index contributed by atoms with van der Waals surface area (Å²) >= 11 is 0. The quantitative estimate of drug-likeness (QED) is 0.178. The molecule has 1 aliphatic carbocycles. The number of fused-ring (bicyclic) bond motifs is 10. The first kappa shape index (κ1) is 33.1. The molecule has 1 aliphatic heterocycles. The van der Waals surface area contributed by atoms with Gasteiger partial charge in [-0.1, -0.05) is 177 Å². The molecule has 0 amide bonds. The lowest BCUT2D eigenvalue weighted by molar-refractivity contribution is 0.660. The first-order valence-electron chi connectivity index (χ1n) is 20.3. The lowest BCUT2D eigenvalue weighted by atomic mass is 9.56. The summed E-state index contributed by atoms with van der Waals surface area (Å²) in [6.07, 6.45) is 0. The van der Waals surface area contributed by atoms with E-state index < -0.39 is 0 Å². The van der Waals surface area contributed by atoms with Crippen LogP contribution in [-0.4, -0.2) is 12.3 Å². The fourth-order valence-corrected chi connectivity index (χ4v) is 10.0. The second kappa shape index (κ2) is 12.5. The summed E-state index contributed by atoms with van der Waals surface area (Å²) in [5, 5.41) is 5.05. The maximum Gasteiger partial charge on any atom is 0.197 e. The van der Waals surface area contributed by atoms with Crippen LogP contribution in [0.5, 0.6) is 0 Å². The molecule has 0 bridgehead atoms. The van der Waals surface area contributed by atoms with Crippen LogP contribution in [0.4, 0.5) is 17.1 Å². The van der Waals surface area contributed by atoms with Gasteiger partial charge in [-0.3, -0.25) is 0 Å². The van der Waals surface area contributed by atoms with E-state index in [9.17, 15) is 0 Å². The van der Waals surface area contributed by atoms with Gasteiger partial charge in [-0.25, -0.2) is 0 Å². The number of aromatic amines is 1. The Hall–Kier alpha value is -7.10. The maximum absolute atomic E-state index is 3.97. The molecule has 58 heavy (non-hydrogen) atoms. The van der Waals surface area contributed by atoms with Crippen LogP contribution in [0.25, 0.3) is 77.1 Å². The summed E-state index contributed by atoms with van der Waals surface area (Å²) in [4.78, 5) is 6.48. The van der Waals surface area contributed by atoms with Gasteiger partial charge in [-0.05, 0) is 96.6 Å². The molecular weight excluding hydrogens is 699 g/mol. The van der Waals surface area contributed by atoms with E-state index in [1.165, 1.54) is 105 Å². The van der Waals surface area contributed by atoms with Crippen LogP contribution >= 0.6 is 0 Å². The zero-order chi connectivity index (χ0) is 38.5. The summed E-state index contributed by atoms with van der Waals surface area (Å²) in [7, 11) is 2.46. The molecule has 0 unspecified atom stereocenters. The van der Waals surface area contributed by atoms with Crippen molar-refractivity contribution in [2.75, 3.05) is 4.90 Å². The lowest BCUT2D eigenvalue weighted by Crippen LogP contribution is -2.41. The van der Waals surface area contributed by atoms with Crippen LogP contribution in [0.1, 0.15) is 25.0 Å². The summed E-state index contributed by atoms with van der Waals surface area (Å²) in [6, 6.07) is 69.2. The number of aromatic nitrogens is 1. The number of rotatable bonds is 4. The SMILES string of the molecule is CC1(C)c2ccccc2-c2c1cc1c(c2-c2cccc3c2[nH]c2ccc4ccccc4c23)[B]c2cc(-c3ccccc3)ccc2N1c1ccc(-c2ccccc2)cc1. The van der Waals surface area contributed by atoms with Crippen molar-refractivity contribution in [2.45, 2.75) is 19.3 Å². The van der Waals surface area contributed by atoms with Crippen molar-refractivity contribution in [3.8, 4) is 44.5 Å². The smallest absolute Gasteiger partial charge is 0.197 e. The summed E-state index contributed by atoms with van der Waals surface area (Å²) in [6.45, 7) is 4.80. The molecule has 2 nitrogen and oxygen atoms in total. The van der Waals surface area contributed by atoms with Gasteiger partial charge in [0.05, 0.1) is 5.52 Å². The van der Waals surface area contributed by atoms with Crippen molar-refractivity contribution in [3.63, 3.8) is 0 Å². The highest BCUT2D eigenvalue weighted by Gasteiger charge is 2.41. The largest absolute Gasteiger partial charge is 0.354 e. The van der Waals surface area contributed by atoms with Gasteiger partial charge in [0.15, 0.2) is 7.28 Å². The van der Waals surface area contributed by atoms with Crippen LogP contribution in [0.3, 0.4) is 0 Å². The molecule has 12 rings (SSSR count). The van der Waals surface area contributed by atoms with E-state index in [1.54, 1.807) is 0 Å². The topological polar surface area (TPSA) is 19.0 Å². The van der Waals surface area contributed by atoms with Gasteiger partial charge >= 0.3 is 0 Å². The molecule has 1 radical (unpaired) electrons. The van der Waals surface area contributed by atoms with Crippen molar-refractivity contribution in [3.05, 3.63) is 199 Å². The third-order valence-electron chi connectivity index (χ3n) is 12.8. The molecule has 9 aromatic carbocycles. The highest BCUT2D eigenvalue weighted by atomic mass is 15.1. The van der Waals surface area contributed by atoms with Gasteiger partial charge in [0, 0.05) is 44.3 Å². The van der Waals surface area contributed by atoms with Crippen molar-refractivity contribution < 1.29 is 0 Å². The molecular formula is C55H38BN2. The molecule has 271 valence electrons. The number of hydrogen-bond acceptors (Lipinski definition) is 1. The molecule has 1 N–H and O–H groups in total. The number of benzene rings is 9. The minimum atomic E-state index is -0.208. The third kappa shape index (κ3) is 4.80. The van der Waals surface area contributed by atoms with E-state index in [2.05, 4.69) is 219 Å². The van der Waals surface area contributed by atoms with Crippen LogP contribution < -0.4 is 15.8 Å². The van der Waals surface area contributed by atoms with Gasteiger partial charge in [-0.2, -0.15) is 0 Å². The highest BCUT2D eigenvalue weighted by molar-refractivity contribution is 6.73. The predicted molar refractivity (Wildman–Crippen MR) is 247 cm³/mol. The molecule has 0 atom stereocenters. The van der Waals surface area contributed by atoms with E-state index in [4.69, 9.17) is 0 Å².